The predicted octanol–water partition coefficient (Wildman–Crippen LogP) is 6.04. The minimum Gasteiger partial charge on any atom is -0.440 e. The summed E-state index contributed by atoms with van der Waals surface area (Å²) in [5, 5.41) is 6.85. The van der Waals surface area contributed by atoms with Gasteiger partial charge in [0.1, 0.15) is 11.4 Å². The molecule has 0 saturated carbocycles. The van der Waals surface area contributed by atoms with Crippen molar-refractivity contribution in [2.45, 2.75) is 18.2 Å². The normalized spacial score (nSPS) is 11.8. The Bertz CT molecular complexity index is 1850. The third-order valence-corrected chi connectivity index (χ3v) is 7.09. The molecular weight excluding hydrogens is 561 g/mol. The Morgan fingerprint density at radius 2 is 1.68 bits per heavy atom. The number of sulfone groups is 1. The van der Waals surface area contributed by atoms with E-state index in [0.29, 0.717) is 57.5 Å². The number of alkyl halides is 3. The first-order valence-electron chi connectivity index (χ1n) is 12.0. The van der Waals surface area contributed by atoms with Crippen LogP contribution in [0.3, 0.4) is 0 Å². The Balaban J connectivity index is 1.67. The smallest absolute Gasteiger partial charge is 0.440 e. The van der Waals surface area contributed by atoms with Crippen molar-refractivity contribution in [3.8, 4) is 45.1 Å². The van der Waals surface area contributed by atoms with E-state index < -0.39 is 16.2 Å². The van der Waals surface area contributed by atoms with Gasteiger partial charge in [0.2, 0.25) is 6.41 Å². The van der Waals surface area contributed by atoms with Crippen molar-refractivity contribution in [2.24, 2.45) is 0 Å². The van der Waals surface area contributed by atoms with E-state index in [1.54, 1.807) is 55.6 Å². The molecule has 0 fully saturated rings. The van der Waals surface area contributed by atoms with Gasteiger partial charge in [-0.2, -0.15) is 5.10 Å². The van der Waals surface area contributed by atoms with Crippen LogP contribution in [-0.4, -0.2) is 42.2 Å². The molecule has 3 aromatic carbocycles. The molecule has 0 atom stereocenters. The molecule has 0 unspecified atom stereocenters. The zero-order chi connectivity index (χ0) is 29.4. The number of hydrogen-bond donors (Lipinski definition) is 1. The highest BCUT2D eigenvalue weighted by atomic mass is 32.2. The first kappa shape index (κ1) is 27.6. The van der Waals surface area contributed by atoms with Gasteiger partial charge in [0, 0.05) is 36.6 Å². The van der Waals surface area contributed by atoms with Gasteiger partial charge in [0.05, 0.1) is 10.6 Å². The van der Waals surface area contributed by atoms with E-state index in [-0.39, 0.29) is 10.6 Å². The summed E-state index contributed by atoms with van der Waals surface area (Å²) in [6.07, 6.45) is -1.59. The zero-order valence-electron chi connectivity index (χ0n) is 21.5. The maximum atomic E-state index is 12.7. The van der Waals surface area contributed by atoms with Crippen molar-refractivity contribution in [3.05, 3.63) is 84.9 Å². The van der Waals surface area contributed by atoms with Crippen LogP contribution in [0.5, 0.6) is 5.75 Å². The number of carbonyl (C=O) groups excluding carboxylic acids is 1. The fourth-order valence-electron chi connectivity index (χ4n) is 4.22. The first-order chi connectivity index (χ1) is 19.4. The second kappa shape index (κ2) is 10.6. The minimum atomic E-state index is -4.83. The standard InChI is InChI=1S/C28H21F3N4O5S/c1-17-33-26(18-6-9-21(10-7-18)40-28(29,30)31)27(39-17)23-15-20(19-4-3-5-22(14-19)41(2,37)38)8-11-24(23)35-13-12-25(34-35)32-16-36/h3-16H,1-2H3,(H,32,34,36). The number of hydrogen-bond acceptors (Lipinski definition) is 7. The first-order valence-corrected chi connectivity index (χ1v) is 13.9. The number of rotatable bonds is 8. The van der Waals surface area contributed by atoms with E-state index >= 15 is 0 Å². The van der Waals surface area contributed by atoms with E-state index in [9.17, 15) is 26.4 Å². The Kier molecular flexibility index (Phi) is 7.13. The van der Waals surface area contributed by atoms with E-state index in [1.165, 1.54) is 35.0 Å². The SMILES string of the molecule is Cc1nc(-c2ccc(OC(F)(F)F)cc2)c(-c2cc(-c3cccc(S(C)(=O)=O)c3)ccc2-n2ccc(NC=O)n2)o1. The van der Waals surface area contributed by atoms with Crippen LogP contribution < -0.4 is 10.1 Å². The van der Waals surface area contributed by atoms with Crippen LogP contribution in [0.25, 0.3) is 39.4 Å². The van der Waals surface area contributed by atoms with E-state index in [0.717, 1.165) is 6.26 Å². The van der Waals surface area contributed by atoms with Gasteiger partial charge in [-0.25, -0.2) is 18.1 Å². The van der Waals surface area contributed by atoms with Crippen molar-refractivity contribution >= 4 is 22.1 Å². The molecule has 210 valence electrons. The van der Waals surface area contributed by atoms with Crippen molar-refractivity contribution in [2.75, 3.05) is 11.6 Å². The molecule has 0 bridgehead atoms. The molecule has 2 aromatic heterocycles. The van der Waals surface area contributed by atoms with Crippen LogP contribution >= 0.6 is 0 Å². The highest BCUT2D eigenvalue weighted by molar-refractivity contribution is 7.90. The molecule has 2 heterocycles. The number of carbonyl (C=O) groups is 1. The monoisotopic (exact) mass is 582 g/mol. The average molecular weight is 583 g/mol. The largest absolute Gasteiger partial charge is 0.573 e. The number of nitrogens with one attached hydrogen (secondary N) is 1. The Morgan fingerprint density at radius 1 is 0.976 bits per heavy atom. The van der Waals surface area contributed by atoms with Crippen LogP contribution in [-0.2, 0) is 14.6 Å². The molecule has 0 saturated heterocycles. The molecule has 5 rings (SSSR count). The molecule has 5 aromatic rings. The second-order valence-electron chi connectivity index (χ2n) is 8.92. The second-order valence-corrected chi connectivity index (χ2v) is 10.9. The highest BCUT2D eigenvalue weighted by Gasteiger charge is 2.31. The lowest BCUT2D eigenvalue weighted by molar-refractivity contribution is -0.274. The number of benzene rings is 3. The number of ether oxygens (including phenoxy) is 1. The molecule has 1 amide bonds. The minimum absolute atomic E-state index is 0.148. The van der Waals surface area contributed by atoms with Gasteiger partial charge in [-0.1, -0.05) is 18.2 Å². The predicted molar refractivity (Wildman–Crippen MR) is 144 cm³/mol. The lowest BCUT2D eigenvalue weighted by atomic mass is 9.98. The Hall–Kier alpha value is -4.91. The lowest BCUT2D eigenvalue weighted by Gasteiger charge is -2.13. The molecule has 13 heteroatoms. The van der Waals surface area contributed by atoms with Crippen LogP contribution in [0, 0.1) is 6.92 Å². The lowest BCUT2D eigenvalue weighted by Crippen LogP contribution is -2.16. The van der Waals surface area contributed by atoms with Crippen molar-refractivity contribution in [1.29, 1.82) is 0 Å². The van der Waals surface area contributed by atoms with E-state index in [2.05, 4.69) is 20.1 Å². The fourth-order valence-corrected chi connectivity index (χ4v) is 4.89. The topological polar surface area (TPSA) is 116 Å². The molecule has 0 aliphatic carbocycles. The van der Waals surface area contributed by atoms with Crippen LogP contribution in [0.15, 0.2) is 88.3 Å². The van der Waals surface area contributed by atoms with Crippen LogP contribution in [0.2, 0.25) is 0 Å². The average Bonchev–Trinajstić information content (AvgIpc) is 3.54. The van der Waals surface area contributed by atoms with Crippen molar-refractivity contribution < 1.29 is 35.5 Å². The van der Waals surface area contributed by atoms with Crippen LogP contribution in [0.4, 0.5) is 19.0 Å². The van der Waals surface area contributed by atoms with Gasteiger partial charge in [0.15, 0.2) is 27.3 Å². The van der Waals surface area contributed by atoms with Gasteiger partial charge < -0.3 is 14.5 Å². The summed E-state index contributed by atoms with van der Waals surface area (Å²) in [6, 6.07) is 18.6. The molecule has 0 radical (unpaired) electrons. The molecule has 0 aliphatic heterocycles. The molecule has 0 aliphatic rings. The summed E-state index contributed by atoms with van der Waals surface area (Å²) in [5.74, 6) is 0.502. The Labute approximate surface area is 232 Å². The van der Waals surface area contributed by atoms with E-state index in [1.807, 2.05) is 0 Å². The number of aryl methyl sites for hydroxylation is 1. The van der Waals surface area contributed by atoms with Gasteiger partial charge in [-0.15, -0.1) is 13.2 Å². The zero-order valence-corrected chi connectivity index (χ0v) is 22.3. The van der Waals surface area contributed by atoms with Gasteiger partial charge >= 0.3 is 6.36 Å². The van der Waals surface area contributed by atoms with Gasteiger partial charge in [-0.05, 0) is 59.7 Å². The maximum absolute atomic E-state index is 12.7. The summed E-state index contributed by atoms with van der Waals surface area (Å²) >= 11 is 0. The Morgan fingerprint density at radius 3 is 2.37 bits per heavy atom. The summed E-state index contributed by atoms with van der Waals surface area (Å²) in [6.45, 7) is 1.63. The number of oxazole rings is 1. The van der Waals surface area contributed by atoms with Crippen molar-refractivity contribution in [1.82, 2.24) is 14.8 Å². The van der Waals surface area contributed by atoms with Gasteiger partial charge in [0.25, 0.3) is 0 Å². The highest BCUT2D eigenvalue weighted by Crippen LogP contribution is 2.39. The maximum Gasteiger partial charge on any atom is 0.573 e. The summed E-state index contributed by atoms with van der Waals surface area (Å²) in [5.41, 5.74) is 3.12. The van der Waals surface area contributed by atoms with E-state index in [4.69, 9.17) is 4.42 Å². The summed E-state index contributed by atoms with van der Waals surface area (Å²) < 4.78 is 73.8. The van der Waals surface area contributed by atoms with Crippen molar-refractivity contribution in [3.63, 3.8) is 0 Å². The number of amides is 1. The van der Waals surface area contributed by atoms with Crippen LogP contribution in [0.1, 0.15) is 5.89 Å². The molecule has 41 heavy (non-hydrogen) atoms. The molecule has 1 N–H and O–H groups in total. The third kappa shape index (κ3) is 6.14. The molecule has 9 nitrogen and oxygen atoms in total. The summed E-state index contributed by atoms with van der Waals surface area (Å²) in [7, 11) is -3.46. The third-order valence-electron chi connectivity index (χ3n) is 5.97. The number of anilines is 1. The quantitative estimate of drug-likeness (QED) is 0.222. The number of aromatic nitrogens is 3. The summed E-state index contributed by atoms with van der Waals surface area (Å²) in [4.78, 5) is 15.5. The molecule has 0 spiro atoms. The number of halogens is 3. The molecular formula is C28H21F3N4O5S. The fraction of sp³-hybridized carbons (Fsp3) is 0.107. The van der Waals surface area contributed by atoms with Gasteiger partial charge in [-0.3, -0.25) is 4.79 Å². The number of nitrogens with zero attached hydrogens (tertiary/aromatic N) is 3.